The predicted octanol–water partition coefficient (Wildman–Crippen LogP) is 3.38. The molecule has 0 aliphatic rings. The van der Waals surface area contributed by atoms with Gasteiger partial charge >= 0.3 is 0 Å². The van der Waals surface area contributed by atoms with E-state index < -0.39 is 5.82 Å². The van der Waals surface area contributed by atoms with Crippen LogP contribution in [0.25, 0.3) is 6.08 Å². The SMILES string of the molecule is COc1cccc(/C=C/C(=O)N(C)CCOc2ccccc2F)c1. The van der Waals surface area contributed by atoms with E-state index in [1.807, 2.05) is 24.3 Å². The summed E-state index contributed by atoms with van der Waals surface area (Å²) in [5.74, 6) is 0.348. The molecule has 0 fully saturated rings. The van der Waals surface area contributed by atoms with Crippen molar-refractivity contribution in [1.29, 1.82) is 0 Å². The molecule has 0 saturated heterocycles. The summed E-state index contributed by atoms with van der Waals surface area (Å²) in [6.07, 6.45) is 3.21. The van der Waals surface area contributed by atoms with Crippen molar-refractivity contribution in [2.45, 2.75) is 0 Å². The highest BCUT2D eigenvalue weighted by atomic mass is 19.1. The van der Waals surface area contributed by atoms with Crippen LogP contribution < -0.4 is 9.47 Å². The van der Waals surface area contributed by atoms with Crippen molar-refractivity contribution >= 4 is 12.0 Å². The Morgan fingerprint density at radius 3 is 2.75 bits per heavy atom. The average molecular weight is 329 g/mol. The molecule has 5 heteroatoms. The van der Waals surface area contributed by atoms with Gasteiger partial charge in [0.05, 0.1) is 13.7 Å². The number of amides is 1. The van der Waals surface area contributed by atoms with Gasteiger partial charge in [-0.3, -0.25) is 4.79 Å². The van der Waals surface area contributed by atoms with Crippen LogP contribution in [0.1, 0.15) is 5.56 Å². The van der Waals surface area contributed by atoms with Gasteiger partial charge in [0.2, 0.25) is 5.91 Å². The van der Waals surface area contributed by atoms with E-state index in [2.05, 4.69) is 0 Å². The number of halogens is 1. The summed E-state index contributed by atoms with van der Waals surface area (Å²) in [4.78, 5) is 13.6. The topological polar surface area (TPSA) is 38.8 Å². The highest BCUT2D eigenvalue weighted by molar-refractivity contribution is 5.91. The van der Waals surface area contributed by atoms with Crippen LogP contribution in [0.3, 0.4) is 0 Å². The number of para-hydroxylation sites is 1. The Morgan fingerprint density at radius 1 is 1.21 bits per heavy atom. The van der Waals surface area contributed by atoms with E-state index >= 15 is 0 Å². The minimum absolute atomic E-state index is 0.157. The summed E-state index contributed by atoms with van der Waals surface area (Å²) in [7, 11) is 3.26. The summed E-state index contributed by atoms with van der Waals surface area (Å²) in [5.41, 5.74) is 0.874. The first kappa shape index (κ1) is 17.5. The van der Waals surface area contributed by atoms with Gasteiger partial charge in [-0.25, -0.2) is 4.39 Å². The molecule has 0 bridgehead atoms. The highest BCUT2D eigenvalue weighted by Gasteiger charge is 2.06. The molecular formula is C19H20FNO3. The van der Waals surface area contributed by atoms with Gasteiger partial charge < -0.3 is 14.4 Å². The number of hydrogen-bond acceptors (Lipinski definition) is 3. The molecule has 0 aromatic heterocycles. The van der Waals surface area contributed by atoms with Gasteiger partial charge in [-0.05, 0) is 35.9 Å². The van der Waals surface area contributed by atoms with Gasteiger partial charge in [-0.2, -0.15) is 0 Å². The summed E-state index contributed by atoms with van der Waals surface area (Å²) in [5, 5.41) is 0. The molecule has 24 heavy (non-hydrogen) atoms. The van der Waals surface area contributed by atoms with Crippen molar-refractivity contribution in [1.82, 2.24) is 4.90 Å². The molecule has 2 aromatic rings. The first-order valence-corrected chi connectivity index (χ1v) is 7.54. The third-order valence-electron chi connectivity index (χ3n) is 3.41. The molecule has 0 radical (unpaired) electrons. The highest BCUT2D eigenvalue weighted by Crippen LogP contribution is 2.15. The van der Waals surface area contributed by atoms with E-state index in [0.717, 1.165) is 11.3 Å². The Hall–Kier alpha value is -2.82. The summed E-state index contributed by atoms with van der Waals surface area (Å²) in [6.45, 7) is 0.575. The van der Waals surface area contributed by atoms with Crippen molar-refractivity contribution in [2.75, 3.05) is 27.3 Å². The number of ether oxygens (including phenoxy) is 2. The average Bonchev–Trinajstić information content (AvgIpc) is 2.61. The minimum Gasteiger partial charge on any atom is -0.497 e. The molecule has 2 aromatic carbocycles. The summed E-state index contributed by atoms with van der Waals surface area (Å²) < 4.78 is 23.9. The number of methoxy groups -OCH3 is 1. The fourth-order valence-corrected chi connectivity index (χ4v) is 2.00. The molecule has 0 atom stereocenters. The van der Waals surface area contributed by atoms with Crippen molar-refractivity contribution < 1.29 is 18.7 Å². The second-order valence-corrected chi connectivity index (χ2v) is 5.15. The number of rotatable bonds is 7. The van der Waals surface area contributed by atoms with Crippen molar-refractivity contribution in [3.05, 3.63) is 66.0 Å². The number of nitrogens with zero attached hydrogens (tertiary/aromatic N) is 1. The smallest absolute Gasteiger partial charge is 0.246 e. The Balaban J connectivity index is 1.83. The summed E-state index contributed by atoms with van der Waals surface area (Å²) in [6, 6.07) is 13.6. The third kappa shape index (κ3) is 5.12. The van der Waals surface area contributed by atoms with Crippen LogP contribution in [0.2, 0.25) is 0 Å². The van der Waals surface area contributed by atoms with E-state index in [1.165, 1.54) is 17.0 Å². The lowest BCUT2D eigenvalue weighted by molar-refractivity contribution is -0.125. The Kier molecular flexibility index (Phi) is 6.37. The Labute approximate surface area is 141 Å². The fourth-order valence-electron chi connectivity index (χ4n) is 2.00. The van der Waals surface area contributed by atoms with E-state index in [1.54, 1.807) is 38.4 Å². The van der Waals surface area contributed by atoms with Crippen molar-refractivity contribution in [2.24, 2.45) is 0 Å². The largest absolute Gasteiger partial charge is 0.497 e. The lowest BCUT2D eigenvalue weighted by Gasteiger charge is -2.15. The number of likely N-dealkylation sites (N-methyl/N-ethyl adjacent to an activating group) is 1. The predicted molar refractivity (Wildman–Crippen MR) is 91.6 cm³/mol. The van der Waals surface area contributed by atoms with E-state index in [0.29, 0.717) is 6.54 Å². The zero-order valence-corrected chi connectivity index (χ0v) is 13.7. The Morgan fingerprint density at radius 2 is 2.00 bits per heavy atom. The van der Waals surface area contributed by atoms with Gasteiger partial charge in [0.15, 0.2) is 11.6 Å². The van der Waals surface area contributed by atoms with Crippen LogP contribution in [0.5, 0.6) is 11.5 Å². The van der Waals surface area contributed by atoms with Crippen LogP contribution in [0, 0.1) is 5.82 Å². The molecule has 0 heterocycles. The zero-order chi connectivity index (χ0) is 17.4. The molecular weight excluding hydrogens is 309 g/mol. The lowest BCUT2D eigenvalue weighted by Crippen LogP contribution is -2.29. The molecule has 0 aliphatic carbocycles. The molecule has 1 amide bonds. The molecule has 0 unspecified atom stereocenters. The van der Waals surface area contributed by atoms with Crippen molar-refractivity contribution in [3.8, 4) is 11.5 Å². The molecule has 0 N–H and O–H groups in total. The van der Waals surface area contributed by atoms with Gasteiger partial charge in [0.1, 0.15) is 12.4 Å². The standard InChI is InChI=1S/C19H20FNO3/c1-21(12-13-24-18-9-4-3-8-17(18)20)19(22)11-10-15-6-5-7-16(14-15)23-2/h3-11,14H,12-13H2,1-2H3/b11-10+. The Bertz CT molecular complexity index is 715. The van der Waals surface area contributed by atoms with E-state index in [9.17, 15) is 9.18 Å². The molecule has 2 rings (SSSR count). The molecule has 0 saturated carbocycles. The maximum atomic E-state index is 13.4. The maximum absolute atomic E-state index is 13.4. The number of benzene rings is 2. The maximum Gasteiger partial charge on any atom is 0.246 e. The van der Waals surface area contributed by atoms with E-state index in [4.69, 9.17) is 9.47 Å². The second-order valence-electron chi connectivity index (χ2n) is 5.15. The quantitative estimate of drug-likeness (QED) is 0.731. The summed E-state index contributed by atoms with van der Waals surface area (Å²) >= 11 is 0. The van der Waals surface area contributed by atoms with Crippen LogP contribution >= 0.6 is 0 Å². The molecule has 0 spiro atoms. The van der Waals surface area contributed by atoms with Crippen LogP contribution in [-0.2, 0) is 4.79 Å². The normalized spacial score (nSPS) is 10.6. The van der Waals surface area contributed by atoms with E-state index in [-0.39, 0.29) is 18.3 Å². The number of carbonyl (C=O) groups is 1. The van der Waals surface area contributed by atoms with Gasteiger partial charge in [0, 0.05) is 13.1 Å². The number of hydrogen-bond donors (Lipinski definition) is 0. The second kappa shape index (κ2) is 8.72. The molecule has 4 nitrogen and oxygen atoms in total. The van der Waals surface area contributed by atoms with Gasteiger partial charge in [-0.15, -0.1) is 0 Å². The molecule has 126 valence electrons. The third-order valence-corrected chi connectivity index (χ3v) is 3.41. The monoisotopic (exact) mass is 329 g/mol. The first-order chi connectivity index (χ1) is 11.6. The lowest BCUT2D eigenvalue weighted by atomic mass is 10.2. The van der Waals surface area contributed by atoms with Crippen LogP contribution in [-0.4, -0.2) is 38.1 Å². The van der Waals surface area contributed by atoms with Crippen molar-refractivity contribution in [3.63, 3.8) is 0 Å². The van der Waals surface area contributed by atoms with Crippen LogP contribution in [0.4, 0.5) is 4.39 Å². The van der Waals surface area contributed by atoms with Gasteiger partial charge in [-0.1, -0.05) is 24.3 Å². The molecule has 0 aliphatic heterocycles. The first-order valence-electron chi connectivity index (χ1n) is 7.54. The minimum atomic E-state index is -0.413. The van der Waals surface area contributed by atoms with Crippen LogP contribution in [0.15, 0.2) is 54.6 Å². The van der Waals surface area contributed by atoms with Gasteiger partial charge in [0.25, 0.3) is 0 Å². The zero-order valence-electron chi connectivity index (χ0n) is 13.7. The fraction of sp³-hybridized carbons (Fsp3) is 0.211. The number of carbonyl (C=O) groups excluding carboxylic acids is 1.